The summed E-state index contributed by atoms with van der Waals surface area (Å²) < 4.78 is 2.26. The number of pyridine rings is 1. The van der Waals surface area contributed by atoms with E-state index in [1.165, 1.54) is 42.7 Å². The van der Waals surface area contributed by atoms with E-state index in [4.69, 9.17) is 0 Å². The first-order chi connectivity index (χ1) is 14.3. The summed E-state index contributed by atoms with van der Waals surface area (Å²) in [4.78, 5) is 9.56. The lowest BCUT2D eigenvalue weighted by Gasteiger charge is -2.31. The molecule has 4 heterocycles. The van der Waals surface area contributed by atoms with Crippen LogP contribution < -0.4 is 0 Å². The molecular weight excluding hydrogens is 360 g/mol. The van der Waals surface area contributed by atoms with Crippen LogP contribution in [0.1, 0.15) is 48.8 Å². The lowest BCUT2D eigenvalue weighted by molar-refractivity contribution is 0.201. The number of rotatable bonds is 5. The third-order valence-corrected chi connectivity index (χ3v) is 6.65. The van der Waals surface area contributed by atoms with Crippen molar-refractivity contribution in [2.45, 2.75) is 44.7 Å². The number of benzene rings is 1. The van der Waals surface area contributed by atoms with E-state index in [1.54, 1.807) is 0 Å². The van der Waals surface area contributed by atoms with Crippen LogP contribution in [-0.4, -0.2) is 55.7 Å². The Hall–Kier alpha value is -2.31. The fraction of sp³-hybridized carbons (Fsp3) is 0.522. The number of nitrogens with zero attached hydrogens (tertiary/aromatic N) is 6. The molecule has 5 rings (SSSR count). The maximum Gasteiger partial charge on any atom is 0.146 e. The number of aromatic nitrogens is 4. The van der Waals surface area contributed by atoms with E-state index >= 15 is 0 Å². The van der Waals surface area contributed by atoms with Crippen LogP contribution in [-0.2, 0) is 20.1 Å². The van der Waals surface area contributed by atoms with Gasteiger partial charge in [0.05, 0.1) is 12.1 Å². The Morgan fingerprint density at radius 2 is 1.66 bits per heavy atom. The molecule has 2 aliphatic heterocycles. The van der Waals surface area contributed by atoms with Gasteiger partial charge in [-0.15, -0.1) is 10.2 Å². The van der Waals surface area contributed by atoms with Crippen LogP contribution in [0, 0.1) is 0 Å². The van der Waals surface area contributed by atoms with Gasteiger partial charge in [0.25, 0.3) is 0 Å². The molecule has 0 bridgehead atoms. The Labute approximate surface area is 172 Å². The van der Waals surface area contributed by atoms with Gasteiger partial charge in [0.2, 0.25) is 0 Å². The number of likely N-dealkylation sites (tertiary alicyclic amines) is 2. The van der Waals surface area contributed by atoms with E-state index in [0.717, 1.165) is 50.4 Å². The molecule has 1 aromatic carbocycles. The molecule has 2 fully saturated rings. The molecule has 6 nitrogen and oxygen atoms in total. The second kappa shape index (κ2) is 8.20. The monoisotopic (exact) mass is 390 g/mol. The molecule has 3 aromatic rings. The third-order valence-electron chi connectivity index (χ3n) is 6.65. The molecular formula is C23H30N6. The van der Waals surface area contributed by atoms with Crippen molar-refractivity contribution >= 4 is 10.9 Å². The minimum atomic E-state index is 0.519. The summed E-state index contributed by atoms with van der Waals surface area (Å²) in [6, 6.07) is 10.6. The zero-order chi connectivity index (χ0) is 19.6. The van der Waals surface area contributed by atoms with Crippen LogP contribution in [0.5, 0.6) is 0 Å². The van der Waals surface area contributed by atoms with Crippen LogP contribution in [0.25, 0.3) is 10.9 Å². The highest BCUT2D eigenvalue weighted by Gasteiger charge is 2.26. The maximum atomic E-state index is 4.59. The van der Waals surface area contributed by atoms with Crippen molar-refractivity contribution in [3.8, 4) is 0 Å². The minimum absolute atomic E-state index is 0.519. The van der Waals surface area contributed by atoms with Crippen molar-refractivity contribution < 1.29 is 0 Å². The predicted octanol–water partition coefficient (Wildman–Crippen LogP) is 3.34. The predicted molar refractivity (Wildman–Crippen MR) is 115 cm³/mol. The zero-order valence-electron chi connectivity index (χ0n) is 17.3. The topological polar surface area (TPSA) is 50.1 Å². The SMILES string of the molecule is Cn1c(CN2CCCC2)nnc1C1CCN(Cc2ccnc3ccccc23)CC1. The van der Waals surface area contributed by atoms with Crippen LogP contribution in [0.4, 0.5) is 0 Å². The van der Waals surface area contributed by atoms with Crippen molar-refractivity contribution in [1.82, 2.24) is 29.5 Å². The number of fused-ring (bicyclic) bond motifs is 1. The van der Waals surface area contributed by atoms with Gasteiger partial charge in [0, 0.05) is 31.1 Å². The van der Waals surface area contributed by atoms with E-state index in [9.17, 15) is 0 Å². The Morgan fingerprint density at radius 1 is 0.897 bits per heavy atom. The van der Waals surface area contributed by atoms with Gasteiger partial charge in [-0.2, -0.15) is 0 Å². The van der Waals surface area contributed by atoms with E-state index in [-0.39, 0.29) is 0 Å². The number of piperidine rings is 1. The van der Waals surface area contributed by atoms with Crippen LogP contribution >= 0.6 is 0 Å². The summed E-state index contributed by atoms with van der Waals surface area (Å²) in [6.07, 6.45) is 6.87. The fourth-order valence-corrected chi connectivity index (χ4v) is 4.89. The zero-order valence-corrected chi connectivity index (χ0v) is 17.3. The molecule has 0 spiro atoms. The molecule has 0 amide bonds. The number of hydrogen-bond acceptors (Lipinski definition) is 5. The minimum Gasteiger partial charge on any atom is -0.317 e. The third kappa shape index (κ3) is 3.91. The molecule has 29 heavy (non-hydrogen) atoms. The molecule has 0 atom stereocenters. The quantitative estimate of drug-likeness (QED) is 0.669. The van der Waals surface area contributed by atoms with E-state index in [1.807, 2.05) is 6.20 Å². The first kappa shape index (κ1) is 18.7. The van der Waals surface area contributed by atoms with Crippen LogP contribution in [0.3, 0.4) is 0 Å². The highest BCUT2D eigenvalue weighted by Crippen LogP contribution is 2.29. The van der Waals surface area contributed by atoms with Gasteiger partial charge >= 0.3 is 0 Å². The Kier molecular flexibility index (Phi) is 5.29. The van der Waals surface area contributed by atoms with E-state index in [2.05, 4.69) is 66.9 Å². The molecule has 2 aliphatic rings. The summed E-state index contributed by atoms with van der Waals surface area (Å²) in [5.74, 6) is 2.81. The number of hydrogen-bond donors (Lipinski definition) is 0. The first-order valence-corrected chi connectivity index (χ1v) is 10.9. The van der Waals surface area contributed by atoms with Crippen molar-refractivity contribution in [3.63, 3.8) is 0 Å². The lowest BCUT2D eigenvalue weighted by Crippen LogP contribution is -2.33. The molecule has 2 aromatic heterocycles. The average molecular weight is 391 g/mol. The van der Waals surface area contributed by atoms with Gasteiger partial charge < -0.3 is 4.57 Å². The second-order valence-corrected chi connectivity index (χ2v) is 8.55. The number of para-hydroxylation sites is 1. The van der Waals surface area contributed by atoms with E-state index < -0.39 is 0 Å². The second-order valence-electron chi connectivity index (χ2n) is 8.55. The molecule has 6 heteroatoms. The normalized spacial score (nSPS) is 19.3. The van der Waals surface area contributed by atoms with Gasteiger partial charge in [-0.3, -0.25) is 14.8 Å². The summed E-state index contributed by atoms with van der Waals surface area (Å²) in [5.41, 5.74) is 2.46. The summed E-state index contributed by atoms with van der Waals surface area (Å²) in [6.45, 7) is 6.55. The van der Waals surface area contributed by atoms with Crippen LogP contribution in [0.15, 0.2) is 36.5 Å². The Bertz CT molecular complexity index is 961. The lowest BCUT2D eigenvalue weighted by atomic mass is 9.95. The van der Waals surface area contributed by atoms with Crippen molar-refractivity contribution in [2.24, 2.45) is 7.05 Å². The van der Waals surface area contributed by atoms with E-state index in [0.29, 0.717) is 5.92 Å². The van der Waals surface area contributed by atoms with Crippen LogP contribution in [0.2, 0.25) is 0 Å². The first-order valence-electron chi connectivity index (χ1n) is 10.9. The molecule has 0 N–H and O–H groups in total. The van der Waals surface area contributed by atoms with Gasteiger partial charge in [-0.1, -0.05) is 18.2 Å². The molecule has 0 saturated carbocycles. The maximum absolute atomic E-state index is 4.59. The van der Waals surface area contributed by atoms with Gasteiger partial charge in [0.15, 0.2) is 0 Å². The molecule has 0 aliphatic carbocycles. The highest BCUT2D eigenvalue weighted by atomic mass is 15.3. The largest absolute Gasteiger partial charge is 0.317 e. The van der Waals surface area contributed by atoms with Gasteiger partial charge in [0.1, 0.15) is 11.6 Å². The summed E-state index contributed by atoms with van der Waals surface area (Å²) in [5, 5.41) is 10.4. The molecule has 0 unspecified atom stereocenters. The Morgan fingerprint density at radius 3 is 2.48 bits per heavy atom. The fourth-order valence-electron chi connectivity index (χ4n) is 4.89. The van der Waals surface area contributed by atoms with Gasteiger partial charge in [-0.05, 0) is 69.6 Å². The standard InChI is InChI=1S/C23H30N6/c1-27-22(17-28-12-4-5-13-28)25-26-23(27)18-9-14-29(15-10-18)16-19-8-11-24-21-7-3-2-6-20(19)21/h2-3,6-8,11,18H,4-5,9-10,12-17H2,1H3. The smallest absolute Gasteiger partial charge is 0.146 e. The summed E-state index contributed by atoms with van der Waals surface area (Å²) in [7, 11) is 2.15. The molecule has 0 radical (unpaired) electrons. The molecule has 2 saturated heterocycles. The highest BCUT2D eigenvalue weighted by molar-refractivity contribution is 5.81. The summed E-state index contributed by atoms with van der Waals surface area (Å²) >= 11 is 0. The molecule has 152 valence electrons. The average Bonchev–Trinajstić information content (AvgIpc) is 3.40. The van der Waals surface area contributed by atoms with Crippen molar-refractivity contribution in [3.05, 3.63) is 53.7 Å². The van der Waals surface area contributed by atoms with Crippen molar-refractivity contribution in [1.29, 1.82) is 0 Å². The van der Waals surface area contributed by atoms with Gasteiger partial charge in [-0.25, -0.2) is 0 Å². The van der Waals surface area contributed by atoms with Crippen molar-refractivity contribution in [2.75, 3.05) is 26.2 Å². The Balaban J connectivity index is 1.22.